The number of hydrogen-bond donors (Lipinski definition) is 1. The summed E-state index contributed by atoms with van der Waals surface area (Å²) in [6.07, 6.45) is 0. The number of ether oxygens (including phenoxy) is 4. The third-order valence-corrected chi connectivity index (χ3v) is 6.27. The van der Waals surface area contributed by atoms with Crippen molar-refractivity contribution in [3.63, 3.8) is 0 Å². The van der Waals surface area contributed by atoms with Crippen molar-refractivity contribution in [1.82, 2.24) is 0 Å². The maximum Gasteiger partial charge on any atom is 0.300 e. The Labute approximate surface area is 217 Å². The standard InChI is InChI=1S/C27H23ClFNO7/c1-34-19-10-14(8-9-18(19)28)24(31)22-23(15-11-20(35-2)26(37-4)21(12-15)36-3)30(27(33)25(22)32)17-7-5-6-16(29)13-17/h5-13,23,31H,1-4H3/b24-22+. The van der Waals surface area contributed by atoms with Crippen molar-refractivity contribution in [3.8, 4) is 23.0 Å². The fraction of sp³-hybridized carbons (Fsp3) is 0.185. The number of nitrogens with zero attached hydrogens (tertiary/aromatic N) is 1. The van der Waals surface area contributed by atoms with Crippen LogP contribution in [0, 0.1) is 5.82 Å². The second kappa shape index (κ2) is 10.4. The number of benzene rings is 3. The molecule has 4 rings (SSSR count). The molecule has 1 N–H and O–H groups in total. The van der Waals surface area contributed by atoms with Gasteiger partial charge in [-0.15, -0.1) is 0 Å². The highest BCUT2D eigenvalue weighted by Crippen LogP contribution is 2.47. The molecule has 1 amide bonds. The zero-order valence-corrected chi connectivity index (χ0v) is 21.1. The average molecular weight is 528 g/mol. The van der Waals surface area contributed by atoms with Crippen molar-refractivity contribution in [2.45, 2.75) is 6.04 Å². The van der Waals surface area contributed by atoms with Crippen LogP contribution < -0.4 is 23.8 Å². The summed E-state index contributed by atoms with van der Waals surface area (Å²) in [4.78, 5) is 27.8. The van der Waals surface area contributed by atoms with Crippen LogP contribution in [-0.4, -0.2) is 45.2 Å². The van der Waals surface area contributed by atoms with Gasteiger partial charge in [0.25, 0.3) is 11.7 Å². The Morgan fingerprint density at radius 2 is 1.54 bits per heavy atom. The number of methoxy groups -OCH3 is 4. The molecule has 37 heavy (non-hydrogen) atoms. The lowest BCUT2D eigenvalue weighted by molar-refractivity contribution is -0.132. The maximum absolute atomic E-state index is 14.2. The minimum atomic E-state index is -1.17. The highest BCUT2D eigenvalue weighted by molar-refractivity contribution is 6.51. The number of anilines is 1. The molecule has 8 nitrogen and oxygen atoms in total. The van der Waals surface area contributed by atoms with Crippen LogP contribution in [0.3, 0.4) is 0 Å². The van der Waals surface area contributed by atoms with E-state index < -0.39 is 29.3 Å². The number of Topliss-reactive ketones (excluding diaryl/α,β-unsaturated/α-hetero) is 1. The molecule has 0 bridgehead atoms. The Hall–Kier alpha value is -4.24. The zero-order chi connectivity index (χ0) is 26.9. The van der Waals surface area contributed by atoms with Crippen LogP contribution >= 0.6 is 11.6 Å². The van der Waals surface area contributed by atoms with Gasteiger partial charge in [-0.2, -0.15) is 0 Å². The largest absolute Gasteiger partial charge is 0.507 e. The third-order valence-electron chi connectivity index (χ3n) is 5.96. The molecule has 0 aromatic heterocycles. The first-order valence-corrected chi connectivity index (χ1v) is 11.3. The number of amides is 1. The van der Waals surface area contributed by atoms with E-state index in [4.69, 9.17) is 30.5 Å². The molecule has 0 aliphatic carbocycles. The van der Waals surface area contributed by atoms with Crippen molar-refractivity contribution < 1.29 is 38.0 Å². The lowest BCUT2D eigenvalue weighted by atomic mass is 9.94. The minimum Gasteiger partial charge on any atom is -0.507 e. The fourth-order valence-electron chi connectivity index (χ4n) is 4.26. The molecule has 1 heterocycles. The molecule has 1 aliphatic heterocycles. The highest BCUT2D eigenvalue weighted by atomic mass is 35.5. The summed E-state index contributed by atoms with van der Waals surface area (Å²) in [6.45, 7) is 0. The van der Waals surface area contributed by atoms with Crippen molar-refractivity contribution in [1.29, 1.82) is 0 Å². The molecule has 3 aromatic carbocycles. The van der Waals surface area contributed by atoms with Gasteiger partial charge in [-0.1, -0.05) is 17.7 Å². The van der Waals surface area contributed by atoms with E-state index in [0.29, 0.717) is 16.3 Å². The number of ketones is 1. The number of halogens is 2. The van der Waals surface area contributed by atoms with Gasteiger partial charge in [0, 0.05) is 11.3 Å². The van der Waals surface area contributed by atoms with E-state index in [0.717, 1.165) is 11.0 Å². The van der Waals surface area contributed by atoms with E-state index in [1.165, 1.54) is 64.8 Å². The number of aliphatic hydroxyl groups excluding tert-OH is 1. The van der Waals surface area contributed by atoms with Crippen LogP contribution in [0.15, 0.2) is 60.2 Å². The van der Waals surface area contributed by atoms with Crippen LogP contribution in [0.5, 0.6) is 23.0 Å². The average Bonchev–Trinajstić information content (AvgIpc) is 3.17. The third kappa shape index (κ3) is 4.53. The summed E-state index contributed by atoms with van der Waals surface area (Å²) in [7, 11) is 5.69. The van der Waals surface area contributed by atoms with Gasteiger partial charge in [-0.3, -0.25) is 14.5 Å². The van der Waals surface area contributed by atoms with Crippen LogP contribution in [0.4, 0.5) is 10.1 Å². The van der Waals surface area contributed by atoms with Crippen molar-refractivity contribution >= 4 is 34.7 Å². The predicted octanol–water partition coefficient (Wildman–Crippen LogP) is 5.14. The van der Waals surface area contributed by atoms with Crippen LogP contribution in [-0.2, 0) is 9.59 Å². The normalized spacial score (nSPS) is 16.6. The second-order valence-corrected chi connectivity index (χ2v) is 8.36. The molecule has 1 unspecified atom stereocenters. The van der Waals surface area contributed by atoms with E-state index in [2.05, 4.69) is 0 Å². The molecule has 0 spiro atoms. The monoisotopic (exact) mass is 527 g/mol. The van der Waals surface area contributed by atoms with Gasteiger partial charge in [-0.05, 0) is 54.1 Å². The number of carbonyl (C=O) groups is 2. The van der Waals surface area contributed by atoms with Gasteiger partial charge < -0.3 is 24.1 Å². The Kier molecular flexibility index (Phi) is 7.26. The van der Waals surface area contributed by atoms with Gasteiger partial charge in [0.1, 0.15) is 17.3 Å². The lowest BCUT2D eigenvalue weighted by Crippen LogP contribution is -2.29. The molecule has 0 radical (unpaired) electrons. The van der Waals surface area contributed by atoms with Gasteiger partial charge in [0.2, 0.25) is 5.75 Å². The number of carbonyl (C=O) groups excluding carboxylic acids is 2. The second-order valence-electron chi connectivity index (χ2n) is 7.96. The molecular weight excluding hydrogens is 505 g/mol. The Morgan fingerprint density at radius 1 is 0.892 bits per heavy atom. The topological polar surface area (TPSA) is 94.5 Å². The number of rotatable bonds is 7. The van der Waals surface area contributed by atoms with E-state index in [1.807, 2.05) is 0 Å². The van der Waals surface area contributed by atoms with E-state index in [-0.39, 0.29) is 34.1 Å². The summed E-state index contributed by atoms with van der Waals surface area (Å²) < 4.78 is 35.7. The zero-order valence-electron chi connectivity index (χ0n) is 20.4. The van der Waals surface area contributed by atoms with Crippen LogP contribution in [0.1, 0.15) is 17.2 Å². The Morgan fingerprint density at radius 3 is 2.11 bits per heavy atom. The van der Waals surface area contributed by atoms with Crippen LogP contribution in [0.25, 0.3) is 5.76 Å². The maximum atomic E-state index is 14.2. The first kappa shape index (κ1) is 25.8. The van der Waals surface area contributed by atoms with E-state index in [9.17, 15) is 19.1 Å². The predicted molar refractivity (Wildman–Crippen MR) is 135 cm³/mol. The molecule has 10 heteroatoms. The molecule has 1 atom stereocenters. The molecule has 192 valence electrons. The lowest BCUT2D eigenvalue weighted by Gasteiger charge is -2.26. The molecule has 1 saturated heterocycles. The summed E-state index contributed by atoms with van der Waals surface area (Å²) in [6, 6.07) is 11.6. The van der Waals surface area contributed by atoms with Gasteiger partial charge >= 0.3 is 0 Å². The van der Waals surface area contributed by atoms with E-state index in [1.54, 1.807) is 12.1 Å². The van der Waals surface area contributed by atoms with Crippen LogP contribution in [0.2, 0.25) is 5.02 Å². The van der Waals surface area contributed by atoms with Gasteiger partial charge in [0.05, 0.1) is 45.1 Å². The summed E-state index contributed by atoms with van der Waals surface area (Å²) in [5.41, 5.74) is 0.429. The molecule has 0 saturated carbocycles. The van der Waals surface area contributed by atoms with Crippen molar-refractivity contribution in [2.75, 3.05) is 33.3 Å². The fourth-order valence-corrected chi connectivity index (χ4v) is 4.46. The van der Waals surface area contributed by atoms with Crippen molar-refractivity contribution in [3.05, 3.63) is 82.1 Å². The van der Waals surface area contributed by atoms with E-state index >= 15 is 0 Å². The molecule has 1 aliphatic rings. The summed E-state index contributed by atoms with van der Waals surface area (Å²) >= 11 is 6.12. The molecular formula is C27H23ClFNO7. The highest BCUT2D eigenvalue weighted by Gasteiger charge is 2.47. The smallest absolute Gasteiger partial charge is 0.300 e. The Balaban J connectivity index is 2.03. The Bertz CT molecular complexity index is 1400. The molecule has 3 aromatic rings. The first-order chi connectivity index (χ1) is 17.7. The van der Waals surface area contributed by atoms with Gasteiger partial charge in [-0.25, -0.2) is 4.39 Å². The quantitative estimate of drug-likeness (QED) is 0.258. The number of hydrogen-bond acceptors (Lipinski definition) is 7. The van der Waals surface area contributed by atoms with Gasteiger partial charge in [0.15, 0.2) is 11.5 Å². The summed E-state index contributed by atoms with van der Waals surface area (Å²) in [5, 5.41) is 11.6. The minimum absolute atomic E-state index is 0.119. The number of aliphatic hydroxyl groups is 1. The SMILES string of the molecule is COc1cc(/C(O)=C2\C(=O)C(=O)N(c3cccc(F)c3)C2c2cc(OC)c(OC)c(OC)c2)ccc1Cl. The summed E-state index contributed by atoms with van der Waals surface area (Å²) in [5.74, 6) is -1.92. The first-order valence-electron chi connectivity index (χ1n) is 11.0. The van der Waals surface area contributed by atoms with Crippen molar-refractivity contribution in [2.24, 2.45) is 0 Å². The molecule has 1 fully saturated rings.